The second-order valence-corrected chi connectivity index (χ2v) is 7.52. The van der Waals surface area contributed by atoms with Crippen molar-refractivity contribution in [1.29, 1.82) is 0 Å². The average molecular weight is 363 g/mol. The van der Waals surface area contributed by atoms with Crippen LogP contribution < -0.4 is 5.32 Å². The molecule has 0 bridgehead atoms. The minimum absolute atomic E-state index is 0.0658. The van der Waals surface area contributed by atoms with Crippen molar-refractivity contribution >= 4 is 11.9 Å². The summed E-state index contributed by atoms with van der Waals surface area (Å²) in [5.41, 5.74) is 0.747. The zero-order valence-electron chi connectivity index (χ0n) is 14.9. The summed E-state index contributed by atoms with van der Waals surface area (Å²) < 4.78 is 18.8. The van der Waals surface area contributed by atoms with Gasteiger partial charge in [-0.15, -0.1) is 0 Å². The molecule has 0 aromatic heterocycles. The molecular weight excluding hydrogens is 337 g/mol. The smallest absolute Gasteiger partial charge is 0.306 e. The first-order valence-corrected chi connectivity index (χ1v) is 9.34. The van der Waals surface area contributed by atoms with Gasteiger partial charge in [-0.1, -0.05) is 18.6 Å². The molecule has 2 unspecified atom stereocenters. The Morgan fingerprint density at radius 2 is 1.81 bits per heavy atom. The van der Waals surface area contributed by atoms with Crippen molar-refractivity contribution in [1.82, 2.24) is 5.32 Å². The number of hydrogen-bond acceptors (Lipinski definition) is 3. The van der Waals surface area contributed by atoms with Gasteiger partial charge in [-0.05, 0) is 49.8 Å². The molecule has 2 fully saturated rings. The van der Waals surface area contributed by atoms with Crippen molar-refractivity contribution in [2.75, 3.05) is 19.8 Å². The number of halogens is 1. The molecular formula is C20H26FNO4. The van der Waals surface area contributed by atoms with Gasteiger partial charge in [-0.2, -0.15) is 0 Å². The number of rotatable bonds is 5. The molecule has 142 valence electrons. The third-order valence-electron chi connectivity index (χ3n) is 5.90. The van der Waals surface area contributed by atoms with E-state index in [1.807, 2.05) is 0 Å². The van der Waals surface area contributed by atoms with Crippen molar-refractivity contribution < 1.29 is 23.8 Å². The summed E-state index contributed by atoms with van der Waals surface area (Å²) in [6.45, 7) is 1.69. The zero-order chi connectivity index (χ0) is 18.6. The lowest BCUT2D eigenvalue weighted by Gasteiger charge is -2.38. The first kappa shape index (κ1) is 18.8. The van der Waals surface area contributed by atoms with E-state index in [0.29, 0.717) is 32.6 Å². The topological polar surface area (TPSA) is 75.6 Å². The molecule has 2 atom stereocenters. The minimum atomic E-state index is -0.810. The van der Waals surface area contributed by atoms with E-state index in [2.05, 4.69) is 5.32 Å². The van der Waals surface area contributed by atoms with Crippen LogP contribution in [-0.4, -0.2) is 36.7 Å². The van der Waals surface area contributed by atoms with Gasteiger partial charge in [0.1, 0.15) is 5.82 Å². The van der Waals surface area contributed by atoms with Crippen LogP contribution in [0, 0.1) is 17.7 Å². The van der Waals surface area contributed by atoms with Crippen LogP contribution in [0.4, 0.5) is 4.39 Å². The molecule has 1 saturated carbocycles. The number of carbonyl (C=O) groups is 2. The number of nitrogens with one attached hydrogen (secondary N) is 1. The lowest BCUT2D eigenvalue weighted by molar-refractivity contribution is -0.144. The van der Waals surface area contributed by atoms with Gasteiger partial charge in [0.15, 0.2) is 0 Å². The Kier molecular flexibility index (Phi) is 5.91. The van der Waals surface area contributed by atoms with Crippen LogP contribution >= 0.6 is 0 Å². The van der Waals surface area contributed by atoms with Gasteiger partial charge in [0.2, 0.25) is 5.91 Å². The number of amides is 1. The number of benzene rings is 1. The van der Waals surface area contributed by atoms with Gasteiger partial charge in [0.25, 0.3) is 0 Å². The second-order valence-electron chi connectivity index (χ2n) is 7.52. The molecule has 6 heteroatoms. The number of aliphatic carboxylic acids is 1. The van der Waals surface area contributed by atoms with Gasteiger partial charge in [0, 0.05) is 31.1 Å². The molecule has 2 aliphatic rings. The van der Waals surface area contributed by atoms with E-state index in [9.17, 15) is 19.1 Å². The van der Waals surface area contributed by atoms with Crippen LogP contribution in [0.2, 0.25) is 0 Å². The van der Waals surface area contributed by atoms with Gasteiger partial charge in [-0.3, -0.25) is 9.59 Å². The van der Waals surface area contributed by atoms with Gasteiger partial charge >= 0.3 is 5.97 Å². The fraction of sp³-hybridized carbons (Fsp3) is 0.600. The van der Waals surface area contributed by atoms with Gasteiger partial charge in [-0.25, -0.2) is 4.39 Å². The van der Waals surface area contributed by atoms with E-state index in [0.717, 1.165) is 31.2 Å². The summed E-state index contributed by atoms with van der Waals surface area (Å²) in [6, 6.07) is 6.47. The maximum Gasteiger partial charge on any atom is 0.306 e. The molecule has 1 saturated heterocycles. The van der Waals surface area contributed by atoms with Gasteiger partial charge < -0.3 is 15.2 Å². The third-order valence-corrected chi connectivity index (χ3v) is 5.90. The van der Waals surface area contributed by atoms with Crippen molar-refractivity contribution in [2.24, 2.45) is 11.8 Å². The Morgan fingerprint density at radius 3 is 2.46 bits per heavy atom. The Balaban J connectivity index is 1.67. The number of carboxylic acids is 1. The standard InChI is InChI=1S/C20H26FNO4/c21-17-6-4-16(5-7-17)20(8-10-26-11-9-20)13-22-18(23)14-2-1-3-15(12-14)19(24)25/h4-7,14-15H,1-3,8-13H2,(H,22,23)(H,24,25). The third kappa shape index (κ3) is 4.23. The summed E-state index contributed by atoms with van der Waals surface area (Å²) in [5, 5.41) is 12.3. The van der Waals surface area contributed by atoms with E-state index in [4.69, 9.17) is 4.74 Å². The van der Waals surface area contributed by atoms with Crippen molar-refractivity contribution in [3.8, 4) is 0 Å². The van der Waals surface area contributed by atoms with Crippen LogP contribution in [0.25, 0.3) is 0 Å². The summed E-state index contributed by atoms with van der Waals surface area (Å²) in [4.78, 5) is 23.9. The Labute approximate surface area is 152 Å². The number of hydrogen-bond donors (Lipinski definition) is 2. The average Bonchev–Trinajstić information content (AvgIpc) is 2.67. The molecule has 1 aromatic carbocycles. The fourth-order valence-corrected chi connectivity index (χ4v) is 4.19. The molecule has 26 heavy (non-hydrogen) atoms. The van der Waals surface area contributed by atoms with E-state index in [-0.39, 0.29) is 23.1 Å². The molecule has 0 spiro atoms. The SMILES string of the molecule is O=C(O)C1CCCC(C(=O)NCC2(c3ccc(F)cc3)CCOCC2)C1. The highest BCUT2D eigenvalue weighted by Gasteiger charge is 2.36. The lowest BCUT2D eigenvalue weighted by atomic mass is 9.73. The van der Waals surface area contributed by atoms with Crippen molar-refractivity contribution in [3.63, 3.8) is 0 Å². The molecule has 1 aromatic rings. The summed E-state index contributed by atoms with van der Waals surface area (Å²) >= 11 is 0. The number of ether oxygens (including phenoxy) is 1. The fourth-order valence-electron chi connectivity index (χ4n) is 4.19. The van der Waals surface area contributed by atoms with E-state index in [1.165, 1.54) is 12.1 Å². The summed E-state index contributed by atoms with van der Waals surface area (Å²) in [6.07, 6.45) is 4.10. The predicted octanol–water partition coefficient (Wildman–Crippen LogP) is 2.88. The molecule has 1 aliphatic carbocycles. The molecule has 0 radical (unpaired) electrons. The lowest BCUT2D eigenvalue weighted by Crippen LogP contribution is -2.46. The highest BCUT2D eigenvalue weighted by atomic mass is 19.1. The monoisotopic (exact) mass is 363 g/mol. The second kappa shape index (κ2) is 8.16. The molecule has 3 rings (SSSR count). The van der Waals surface area contributed by atoms with Crippen LogP contribution in [0.1, 0.15) is 44.1 Å². The number of carbonyl (C=O) groups excluding carboxylic acids is 1. The highest BCUT2D eigenvalue weighted by molar-refractivity contribution is 5.80. The molecule has 1 amide bonds. The van der Waals surface area contributed by atoms with Crippen LogP contribution in [0.3, 0.4) is 0 Å². The minimum Gasteiger partial charge on any atom is -0.481 e. The van der Waals surface area contributed by atoms with Crippen molar-refractivity contribution in [3.05, 3.63) is 35.6 Å². The van der Waals surface area contributed by atoms with E-state index in [1.54, 1.807) is 12.1 Å². The molecule has 1 heterocycles. The molecule has 5 nitrogen and oxygen atoms in total. The predicted molar refractivity (Wildman–Crippen MR) is 94.2 cm³/mol. The quantitative estimate of drug-likeness (QED) is 0.843. The Bertz CT molecular complexity index is 640. The first-order valence-electron chi connectivity index (χ1n) is 9.34. The zero-order valence-corrected chi connectivity index (χ0v) is 14.9. The first-order chi connectivity index (χ1) is 12.5. The van der Waals surface area contributed by atoms with Crippen molar-refractivity contribution in [2.45, 2.75) is 43.9 Å². The maximum absolute atomic E-state index is 13.3. The van der Waals surface area contributed by atoms with Crippen LogP contribution in [0.5, 0.6) is 0 Å². The highest BCUT2D eigenvalue weighted by Crippen LogP contribution is 2.35. The normalized spacial score (nSPS) is 25.4. The van der Waals surface area contributed by atoms with Crippen LogP contribution in [-0.2, 0) is 19.7 Å². The number of carboxylic acid groups (broad SMARTS) is 1. The molecule has 1 aliphatic heterocycles. The van der Waals surface area contributed by atoms with E-state index < -0.39 is 11.9 Å². The summed E-state index contributed by atoms with van der Waals surface area (Å²) in [5.74, 6) is -1.82. The van der Waals surface area contributed by atoms with Crippen LogP contribution in [0.15, 0.2) is 24.3 Å². The van der Waals surface area contributed by atoms with Gasteiger partial charge in [0.05, 0.1) is 5.92 Å². The Morgan fingerprint density at radius 1 is 1.15 bits per heavy atom. The Hall–Kier alpha value is -1.95. The summed E-state index contributed by atoms with van der Waals surface area (Å²) in [7, 11) is 0. The largest absolute Gasteiger partial charge is 0.481 e. The van der Waals surface area contributed by atoms with E-state index >= 15 is 0 Å². The maximum atomic E-state index is 13.3. The molecule has 2 N–H and O–H groups in total.